The molecule has 0 aromatic heterocycles. The fraction of sp³-hybridized carbons (Fsp3) is 1.00. The van der Waals surface area contributed by atoms with E-state index < -0.39 is 21.5 Å². The van der Waals surface area contributed by atoms with Crippen LogP contribution in [0.2, 0.25) is 19.6 Å². The van der Waals surface area contributed by atoms with E-state index in [1.807, 2.05) is 0 Å². The summed E-state index contributed by atoms with van der Waals surface area (Å²) in [6.45, 7) is 6.17. The van der Waals surface area contributed by atoms with Crippen LogP contribution in [0, 0.1) is 0 Å². The van der Waals surface area contributed by atoms with Crippen LogP contribution in [-0.2, 0) is 9.05 Å². The second-order valence-electron chi connectivity index (χ2n) is 4.18. The van der Waals surface area contributed by atoms with Gasteiger partial charge in [0.25, 0.3) is 0 Å². The van der Waals surface area contributed by atoms with Gasteiger partial charge in [-0.25, -0.2) is 8.42 Å². The molecular formula is C6H13ClO2SSi. The molecule has 0 bridgehead atoms. The Kier molecular flexibility index (Phi) is 1.94. The van der Waals surface area contributed by atoms with Crippen molar-refractivity contribution in [2.24, 2.45) is 0 Å². The van der Waals surface area contributed by atoms with Crippen LogP contribution in [0.5, 0.6) is 0 Å². The number of rotatable bonds is 2. The molecule has 1 rings (SSSR count). The molecule has 0 atom stereocenters. The van der Waals surface area contributed by atoms with Crippen molar-refractivity contribution in [3.05, 3.63) is 0 Å². The molecule has 11 heavy (non-hydrogen) atoms. The van der Waals surface area contributed by atoms with E-state index >= 15 is 0 Å². The van der Waals surface area contributed by atoms with E-state index in [1.54, 1.807) is 0 Å². The maximum absolute atomic E-state index is 11.2. The van der Waals surface area contributed by atoms with Gasteiger partial charge in [-0.3, -0.25) is 0 Å². The predicted octanol–water partition coefficient (Wildman–Crippen LogP) is 1.97. The molecule has 66 valence electrons. The van der Waals surface area contributed by atoms with Gasteiger partial charge < -0.3 is 0 Å². The summed E-state index contributed by atoms with van der Waals surface area (Å²) in [6.07, 6.45) is 1.54. The van der Waals surface area contributed by atoms with Crippen molar-refractivity contribution in [2.75, 3.05) is 0 Å². The van der Waals surface area contributed by atoms with E-state index in [1.165, 1.54) is 0 Å². The molecule has 0 saturated heterocycles. The van der Waals surface area contributed by atoms with Crippen LogP contribution >= 0.6 is 10.7 Å². The highest BCUT2D eigenvalue weighted by Gasteiger charge is 2.62. The fourth-order valence-electron chi connectivity index (χ4n) is 1.47. The third-order valence-electron chi connectivity index (χ3n) is 2.54. The Labute approximate surface area is 73.4 Å². The van der Waals surface area contributed by atoms with Gasteiger partial charge in [-0.05, 0) is 12.8 Å². The molecule has 0 unspecified atom stereocenters. The van der Waals surface area contributed by atoms with Gasteiger partial charge in [0.05, 0.1) is 12.4 Å². The van der Waals surface area contributed by atoms with Crippen LogP contribution in [0.1, 0.15) is 12.8 Å². The molecule has 0 heterocycles. The summed E-state index contributed by atoms with van der Waals surface area (Å²) in [6, 6.07) is 0. The highest BCUT2D eigenvalue weighted by atomic mass is 35.7. The molecule has 0 N–H and O–H groups in total. The zero-order chi connectivity index (χ0) is 8.91. The number of halogens is 1. The summed E-state index contributed by atoms with van der Waals surface area (Å²) in [7, 11) is 0.435. The first-order valence-corrected chi connectivity index (χ1v) is 9.46. The van der Waals surface area contributed by atoms with Crippen molar-refractivity contribution < 1.29 is 8.42 Å². The molecule has 0 radical (unpaired) electrons. The Hall–Kier alpha value is 0.457. The molecule has 5 heteroatoms. The van der Waals surface area contributed by atoms with Gasteiger partial charge in [-0.15, -0.1) is 0 Å². The van der Waals surface area contributed by atoms with E-state index in [4.69, 9.17) is 10.7 Å². The predicted molar refractivity (Wildman–Crippen MR) is 50.1 cm³/mol. The van der Waals surface area contributed by atoms with E-state index in [9.17, 15) is 8.42 Å². The summed E-state index contributed by atoms with van der Waals surface area (Å²) in [5.74, 6) is 0. The van der Waals surface area contributed by atoms with Gasteiger partial charge in [-0.1, -0.05) is 19.6 Å². The van der Waals surface area contributed by atoms with Crippen LogP contribution in [0.3, 0.4) is 0 Å². The minimum absolute atomic E-state index is 0.498. The molecule has 2 nitrogen and oxygen atoms in total. The largest absolute Gasteiger partial charge is 0.235 e. The van der Waals surface area contributed by atoms with Crippen LogP contribution in [0.15, 0.2) is 0 Å². The lowest BCUT2D eigenvalue weighted by Crippen LogP contribution is -2.44. The second-order valence-corrected chi connectivity index (χ2v) is 12.9. The topological polar surface area (TPSA) is 34.1 Å². The second kappa shape index (κ2) is 2.23. The lowest BCUT2D eigenvalue weighted by atomic mass is 10.9. The van der Waals surface area contributed by atoms with E-state index in [-0.39, 0.29) is 0 Å². The minimum atomic E-state index is -3.32. The highest BCUT2D eigenvalue weighted by Crippen LogP contribution is 2.52. The van der Waals surface area contributed by atoms with Crippen LogP contribution in [0.4, 0.5) is 0 Å². The molecule has 0 amide bonds. The van der Waals surface area contributed by atoms with Gasteiger partial charge >= 0.3 is 0 Å². The molecule has 1 fully saturated rings. The zero-order valence-corrected chi connectivity index (χ0v) is 9.59. The standard InChI is InChI=1S/C6H13ClO2SSi/c1-11(2,3)6(4-5-6)10(7,8)9/h4-5H2,1-3H3. The molecule has 1 aliphatic rings. The summed E-state index contributed by atoms with van der Waals surface area (Å²) in [4.78, 5) is 0. The Morgan fingerprint density at radius 2 is 1.64 bits per heavy atom. The number of hydrogen-bond acceptors (Lipinski definition) is 2. The average molecular weight is 213 g/mol. The molecule has 0 aromatic carbocycles. The summed E-state index contributed by atoms with van der Waals surface area (Å²) in [5.41, 5.74) is 0. The quantitative estimate of drug-likeness (QED) is 0.518. The average Bonchev–Trinajstić information content (AvgIpc) is 2.31. The normalized spacial score (nSPS) is 23.3. The Morgan fingerprint density at radius 1 is 1.27 bits per heavy atom. The molecule has 1 saturated carbocycles. The van der Waals surface area contributed by atoms with Crippen molar-refractivity contribution >= 4 is 27.8 Å². The third kappa shape index (κ3) is 1.36. The molecule has 0 aromatic rings. The summed E-state index contributed by atoms with van der Waals surface area (Å²) >= 11 is 0. The summed E-state index contributed by atoms with van der Waals surface area (Å²) < 4.78 is 21.8. The van der Waals surface area contributed by atoms with E-state index in [0.29, 0.717) is 0 Å². The highest BCUT2D eigenvalue weighted by molar-refractivity contribution is 8.16. The first-order valence-electron chi connectivity index (χ1n) is 3.65. The molecule has 0 spiro atoms. The number of hydrogen-bond donors (Lipinski definition) is 0. The van der Waals surface area contributed by atoms with Crippen molar-refractivity contribution in [3.63, 3.8) is 0 Å². The lowest BCUT2D eigenvalue weighted by Gasteiger charge is -2.25. The molecule has 0 aliphatic heterocycles. The summed E-state index contributed by atoms with van der Waals surface area (Å²) in [5, 5.41) is 0. The van der Waals surface area contributed by atoms with Crippen molar-refractivity contribution in [2.45, 2.75) is 36.9 Å². The van der Waals surface area contributed by atoms with Gasteiger partial charge in [0.1, 0.15) is 0 Å². The fourth-order valence-corrected chi connectivity index (χ4v) is 9.16. The van der Waals surface area contributed by atoms with E-state index in [2.05, 4.69) is 19.6 Å². The van der Waals surface area contributed by atoms with Crippen molar-refractivity contribution in [1.82, 2.24) is 0 Å². The third-order valence-corrected chi connectivity index (χ3v) is 11.0. The maximum atomic E-state index is 11.2. The zero-order valence-electron chi connectivity index (χ0n) is 7.02. The first kappa shape index (κ1) is 9.54. The smallest absolute Gasteiger partial charge is 0.212 e. The first-order chi connectivity index (χ1) is 4.71. The maximum Gasteiger partial charge on any atom is 0.235 e. The Bertz CT molecular complexity index is 261. The van der Waals surface area contributed by atoms with Gasteiger partial charge in [0, 0.05) is 10.7 Å². The molecular weight excluding hydrogens is 200 g/mol. The monoisotopic (exact) mass is 212 g/mol. The SMILES string of the molecule is C[Si](C)(C)C1(S(=O)(=O)Cl)CC1. The lowest BCUT2D eigenvalue weighted by molar-refractivity contribution is 0.604. The van der Waals surface area contributed by atoms with Crippen LogP contribution in [-0.4, -0.2) is 20.9 Å². The molecule has 1 aliphatic carbocycles. The van der Waals surface area contributed by atoms with Crippen molar-refractivity contribution in [1.29, 1.82) is 0 Å². The minimum Gasteiger partial charge on any atom is -0.212 e. The van der Waals surface area contributed by atoms with Crippen LogP contribution < -0.4 is 0 Å². The van der Waals surface area contributed by atoms with E-state index in [0.717, 1.165) is 12.8 Å². The van der Waals surface area contributed by atoms with Crippen LogP contribution in [0.25, 0.3) is 0 Å². The van der Waals surface area contributed by atoms with Gasteiger partial charge in [-0.2, -0.15) is 0 Å². The Balaban J connectivity index is 3.05. The van der Waals surface area contributed by atoms with Gasteiger partial charge in [0.15, 0.2) is 0 Å². The van der Waals surface area contributed by atoms with Crippen molar-refractivity contribution in [3.8, 4) is 0 Å². The Morgan fingerprint density at radius 3 is 1.64 bits per heavy atom. The van der Waals surface area contributed by atoms with Gasteiger partial charge in [0.2, 0.25) is 9.05 Å².